The number of carbonyl (C=O) groups excluding carboxylic acids is 1. The maximum atomic E-state index is 13.5. The molecule has 0 bridgehead atoms. The van der Waals surface area contributed by atoms with Gasteiger partial charge in [0.05, 0.1) is 17.7 Å². The molecule has 1 atom stereocenters. The van der Waals surface area contributed by atoms with Gasteiger partial charge in [0, 0.05) is 43.2 Å². The fraction of sp³-hybridized carbons (Fsp3) is 0.455. The zero-order valence-corrected chi connectivity index (χ0v) is 20.2. The Labute approximate surface area is 197 Å². The van der Waals surface area contributed by atoms with E-state index in [1.165, 1.54) is 19.7 Å². The molecule has 0 radical (unpaired) electrons. The molecule has 0 aliphatic carbocycles. The smallest absolute Gasteiger partial charge is 0.231 e. The van der Waals surface area contributed by atoms with Crippen molar-refractivity contribution in [1.29, 1.82) is 0 Å². The lowest BCUT2D eigenvalue weighted by Crippen LogP contribution is -2.51. The molecule has 3 rings (SSSR count). The lowest BCUT2D eigenvalue weighted by atomic mass is 9.96. The number of hydrogen-bond acceptors (Lipinski definition) is 8. The highest BCUT2D eigenvalue weighted by molar-refractivity contribution is 9.10. The molecule has 1 fully saturated rings. The zero-order valence-electron chi connectivity index (χ0n) is 18.7. The highest BCUT2D eigenvalue weighted by Crippen LogP contribution is 2.24. The fourth-order valence-corrected chi connectivity index (χ4v) is 3.90. The Morgan fingerprint density at radius 1 is 1.25 bits per heavy atom. The van der Waals surface area contributed by atoms with Crippen LogP contribution in [-0.2, 0) is 9.63 Å². The van der Waals surface area contributed by atoms with Crippen molar-refractivity contribution in [3.05, 3.63) is 46.2 Å². The Hall–Kier alpha value is -2.72. The highest BCUT2D eigenvalue weighted by atomic mass is 79.9. The molecule has 1 aliphatic rings. The number of aromatic nitrogens is 2. The second-order valence-corrected chi connectivity index (χ2v) is 8.81. The number of amides is 1. The van der Waals surface area contributed by atoms with Crippen molar-refractivity contribution in [3.63, 3.8) is 0 Å². The van der Waals surface area contributed by atoms with Crippen LogP contribution in [0.4, 0.5) is 11.6 Å². The summed E-state index contributed by atoms with van der Waals surface area (Å²) in [5.74, 6) is 0.917. The van der Waals surface area contributed by atoms with Crippen LogP contribution in [0.1, 0.15) is 30.9 Å². The van der Waals surface area contributed by atoms with Crippen LogP contribution in [0.2, 0.25) is 0 Å². The third-order valence-electron chi connectivity index (χ3n) is 5.37. The van der Waals surface area contributed by atoms with Gasteiger partial charge in [-0.1, -0.05) is 47.1 Å². The lowest BCUT2D eigenvalue weighted by molar-refractivity contribution is -0.133. The number of anilines is 2. The lowest BCUT2D eigenvalue weighted by Gasteiger charge is -2.37. The van der Waals surface area contributed by atoms with Gasteiger partial charge in [-0.25, -0.2) is 9.97 Å². The number of carbonyl (C=O) groups is 1. The summed E-state index contributed by atoms with van der Waals surface area (Å²) in [4.78, 5) is 30.7. The topological polar surface area (TPSA) is 109 Å². The van der Waals surface area contributed by atoms with E-state index in [1.807, 2.05) is 29.2 Å². The Bertz CT molecular complexity index is 928. The summed E-state index contributed by atoms with van der Waals surface area (Å²) in [6.45, 7) is 7.23. The van der Waals surface area contributed by atoms with E-state index in [0.29, 0.717) is 56.0 Å². The summed E-state index contributed by atoms with van der Waals surface area (Å²) < 4.78 is 0.995. The van der Waals surface area contributed by atoms with Crippen LogP contribution in [0.25, 0.3) is 0 Å². The summed E-state index contributed by atoms with van der Waals surface area (Å²) in [6.07, 6.45) is 2.96. The predicted octanol–water partition coefficient (Wildman–Crippen LogP) is 2.23. The van der Waals surface area contributed by atoms with Crippen molar-refractivity contribution in [2.24, 2.45) is 5.16 Å². The molecule has 9 nitrogen and oxygen atoms in total. The van der Waals surface area contributed by atoms with Crippen molar-refractivity contribution in [1.82, 2.24) is 20.2 Å². The van der Waals surface area contributed by atoms with E-state index >= 15 is 0 Å². The molecule has 1 amide bonds. The number of hydrogen-bond donors (Lipinski definition) is 2. The molecule has 32 heavy (non-hydrogen) atoms. The van der Waals surface area contributed by atoms with Gasteiger partial charge in [-0.05, 0) is 17.7 Å². The van der Waals surface area contributed by atoms with E-state index in [1.54, 1.807) is 0 Å². The minimum absolute atomic E-state index is 0.128. The molecule has 1 aliphatic heterocycles. The van der Waals surface area contributed by atoms with Gasteiger partial charge in [0.25, 0.3) is 0 Å². The first-order chi connectivity index (χ1) is 15.4. The predicted molar refractivity (Wildman–Crippen MR) is 130 cm³/mol. The minimum Gasteiger partial charge on any atom is -0.399 e. The number of benzene rings is 1. The van der Waals surface area contributed by atoms with Crippen LogP contribution < -0.4 is 16.0 Å². The van der Waals surface area contributed by atoms with Gasteiger partial charge in [0.2, 0.25) is 5.91 Å². The molecule has 1 aromatic carbocycles. The summed E-state index contributed by atoms with van der Waals surface area (Å²) in [5, 5.41) is 7.23. The van der Waals surface area contributed by atoms with Gasteiger partial charge >= 0.3 is 0 Å². The standard InChI is InChI=1S/C22H30BrN7O2/c1-15(2)25-12-18(16-4-6-17(23)7-5-16)22(31)30-10-8-29(9-11-30)21-19(13-28-32-3)20(24)26-14-27-21/h4-7,13-15,18,25H,8-12H2,1-3H3,(H2,24,26,27). The highest BCUT2D eigenvalue weighted by Gasteiger charge is 2.30. The van der Waals surface area contributed by atoms with Crippen LogP contribution in [0.15, 0.2) is 40.2 Å². The first kappa shape index (κ1) is 23.9. The van der Waals surface area contributed by atoms with Crippen LogP contribution >= 0.6 is 15.9 Å². The van der Waals surface area contributed by atoms with E-state index in [9.17, 15) is 4.79 Å². The molecule has 10 heteroatoms. The number of rotatable bonds is 8. The number of oxime groups is 1. The third kappa shape index (κ3) is 5.95. The minimum atomic E-state index is -0.240. The van der Waals surface area contributed by atoms with E-state index in [4.69, 9.17) is 10.6 Å². The van der Waals surface area contributed by atoms with Crippen molar-refractivity contribution in [2.75, 3.05) is 50.5 Å². The first-order valence-electron chi connectivity index (χ1n) is 10.6. The maximum Gasteiger partial charge on any atom is 0.231 e. The Balaban J connectivity index is 1.73. The average Bonchev–Trinajstić information content (AvgIpc) is 2.79. The van der Waals surface area contributed by atoms with Crippen molar-refractivity contribution >= 4 is 39.7 Å². The van der Waals surface area contributed by atoms with E-state index in [-0.39, 0.29) is 11.8 Å². The quantitative estimate of drug-likeness (QED) is 0.419. The molecule has 2 heterocycles. The van der Waals surface area contributed by atoms with E-state index in [2.05, 4.69) is 55.1 Å². The molecule has 0 saturated carbocycles. The van der Waals surface area contributed by atoms with Crippen LogP contribution in [0, 0.1) is 0 Å². The van der Waals surface area contributed by atoms with Crippen molar-refractivity contribution < 1.29 is 9.63 Å². The summed E-state index contributed by atoms with van der Waals surface area (Å²) in [6, 6.07) is 8.27. The van der Waals surface area contributed by atoms with Gasteiger partial charge in [0.15, 0.2) is 0 Å². The van der Waals surface area contributed by atoms with E-state index in [0.717, 1.165) is 10.0 Å². The zero-order chi connectivity index (χ0) is 23.1. The number of halogens is 1. The molecule has 2 aromatic rings. The van der Waals surface area contributed by atoms with Gasteiger partial charge in [-0.15, -0.1) is 0 Å². The molecule has 1 unspecified atom stereocenters. The Morgan fingerprint density at radius 2 is 1.94 bits per heavy atom. The molecule has 0 spiro atoms. The van der Waals surface area contributed by atoms with Gasteiger partial charge in [0.1, 0.15) is 25.1 Å². The Kier molecular flexibility index (Phi) is 8.40. The molecular formula is C22H30BrN7O2. The third-order valence-corrected chi connectivity index (χ3v) is 5.90. The summed E-state index contributed by atoms with van der Waals surface area (Å²) in [5.41, 5.74) is 7.64. The number of piperazine rings is 1. The molecule has 172 valence electrons. The number of nitrogens with one attached hydrogen (secondary N) is 1. The van der Waals surface area contributed by atoms with Crippen LogP contribution in [0.3, 0.4) is 0 Å². The maximum absolute atomic E-state index is 13.5. The average molecular weight is 504 g/mol. The number of nitrogen functional groups attached to an aromatic ring is 1. The fourth-order valence-electron chi connectivity index (χ4n) is 3.64. The molecule has 1 saturated heterocycles. The number of nitrogens with two attached hydrogens (primary N) is 1. The van der Waals surface area contributed by atoms with Crippen LogP contribution in [-0.4, -0.2) is 72.9 Å². The van der Waals surface area contributed by atoms with Gasteiger partial charge in [-0.3, -0.25) is 4.79 Å². The largest absolute Gasteiger partial charge is 0.399 e. The molecule has 1 aromatic heterocycles. The summed E-state index contributed by atoms with van der Waals surface area (Å²) in [7, 11) is 1.47. The van der Waals surface area contributed by atoms with E-state index < -0.39 is 0 Å². The second kappa shape index (κ2) is 11.2. The van der Waals surface area contributed by atoms with Gasteiger partial charge < -0.3 is 25.7 Å². The SMILES string of the molecule is CON=Cc1c(N)ncnc1N1CCN(C(=O)C(CNC(C)C)c2ccc(Br)cc2)CC1. The molecular weight excluding hydrogens is 474 g/mol. The normalized spacial score (nSPS) is 15.4. The summed E-state index contributed by atoms with van der Waals surface area (Å²) >= 11 is 3.47. The molecule has 3 N–H and O–H groups in total. The monoisotopic (exact) mass is 503 g/mol. The second-order valence-electron chi connectivity index (χ2n) is 7.89. The Morgan fingerprint density at radius 3 is 2.56 bits per heavy atom. The van der Waals surface area contributed by atoms with Gasteiger partial charge in [-0.2, -0.15) is 0 Å². The van der Waals surface area contributed by atoms with Crippen LogP contribution in [0.5, 0.6) is 0 Å². The van der Waals surface area contributed by atoms with Crippen molar-refractivity contribution in [2.45, 2.75) is 25.8 Å². The first-order valence-corrected chi connectivity index (χ1v) is 11.4. The van der Waals surface area contributed by atoms with Crippen molar-refractivity contribution in [3.8, 4) is 0 Å². The number of nitrogens with zero attached hydrogens (tertiary/aromatic N) is 5.